The highest BCUT2D eigenvalue weighted by Gasteiger charge is 2.51. The van der Waals surface area contributed by atoms with Crippen LogP contribution in [0.15, 0.2) is 23.8 Å². The molecule has 1 aromatic carbocycles. The van der Waals surface area contributed by atoms with Gasteiger partial charge in [-0.15, -0.1) is 0 Å². The van der Waals surface area contributed by atoms with E-state index in [-0.39, 0.29) is 32.1 Å². The predicted octanol–water partition coefficient (Wildman–Crippen LogP) is 0.405. The Balaban J connectivity index is 1.77. The molecule has 2 amide bonds. The second kappa shape index (κ2) is 10.8. The van der Waals surface area contributed by atoms with Gasteiger partial charge in [-0.1, -0.05) is 0 Å². The number of carbonyl (C=O) groups is 3. The molecule has 10 heteroatoms. The number of hydrogen-bond donors (Lipinski definition) is 3. The molecule has 3 aliphatic rings. The summed E-state index contributed by atoms with van der Waals surface area (Å²) in [7, 11) is 2.97. The molecule has 0 unspecified atom stereocenters. The maximum Gasteiger partial charge on any atom is 0.247 e. The summed E-state index contributed by atoms with van der Waals surface area (Å²) >= 11 is 0. The van der Waals surface area contributed by atoms with E-state index in [9.17, 15) is 24.6 Å². The van der Waals surface area contributed by atoms with Crippen molar-refractivity contribution in [1.82, 2.24) is 10.2 Å². The van der Waals surface area contributed by atoms with E-state index < -0.39 is 30.1 Å². The molecule has 1 aromatic rings. The first-order valence-electron chi connectivity index (χ1n) is 11.8. The summed E-state index contributed by atoms with van der Waals surface area (Å²) < 4.78 is 16.7. The molecule has 0 radical (unpaired) electrons. The Labute approximate surface area is 203 Å². The molecule has 3 N–H and O–H groups in total. The van der Waals surface area contributed by atoms with Crippen LogP contribution in [0, 0.1) is 5.92 Å². The molecular weight excluding hydrogens is 456 g/mol. The van der Waals surface area contributed by atoms with Gasteiger partial charge in [-0.3, -0.25) is 14.4 Å². The van der Waals surface area contributed by atoms with Crippen LogP contribution in [-0.4, -0.2) is 92.0 Å². The molecule has 4 atom stereocenters. The first kappa shape index (κ1) is 25.2. The molecule has 1 aliphatic heterocycles. The second-order valence-corrected chi connectivity index (χ2v) is 9.13. The van der Waals surface area contributed by atoms with Crippen LogP contribution in [0.1, 0.15) is 41.1 Å². The number of ether oxygens (including phenoxy) is 3. The number of methoxy groups -OCH3 is 2. The van der Waals surface area contributed by atoms with Gasteiger partial charge in [0.05, 0.1) is 38.7 Å². The van der Waals surface area contributed by atoms with E-state index in [0.29, 0.717) is 46.9 Å². The minimum atomic E-state index is -1.13. The van der Waals surface area contributed by atoms with E-state index in [4.69, 9.17) is 14.2 Å². The third-order valence-electron chi connectivity index (χ3n) is 6.76. The molecule has 0 saturated heterocycles. The maximum atomic E-state index is 13.2. The maximum absolute atomic E-state index is 13.2. The Hall–Kier alpha value is -2.95. The zero-order chi connectivity index (χ0) is 25.1. The number of nitrogens with zero attached hydrogens (tertiary/aromatic N) is 1. The molecule has 0 bridgehead atoms. The number of rotatable bonds is 11. The molecule has 35 heavy (non-hydrogen) atoms. The standard InChI is InChI=1S/C25H32N2O8/c1-33-8-5-20(30)27(12-14-3-4-14)18-11-17(25(32)26-6-7-28)21-16-9-15(13-29)10-19(34-2)23(16)35-24(21)22(18)31/h9-11,13-14,18,21-22,24,28,31H,3-8,12H2,1-2H3,(H,26,32)/t18-,21+,22+,24+/m1/s1. The van der Waals surface area contributed by atoms with Crippen molar-refractivity contribution in [3.63, 3.8) is 0 Å². The van der Waals surface area contributed by atoms with E-state index in [2.05, 4.69) is 5.32 Å². The molecule has 1 fully saturated rings. The van der Waals surface area contributed by atoms with Crippen LogP contribution in [0.4, 0.5) is 0 Å². The Kier molecular flexibility index (Phi) is 7.73. The quantitative estimate of drug-likeness (QED) is 0.381. The van der Waals surface area contributed by atoms with Gasteiger partial charge in [0.25, 0.3) is 0 Å². The van der Waals surface area contributed by atoms with Gasteiger partial charge in [0.1, 0.15) is 18.5 Å². The van der Waals surface area contributed by atoms with E-state index >= 15 is 0 Å². The SMILES string of the molecule is COCCC(=O)N(CC1CC1)[C@@H]1C=C(C(=O)NCCO)[C@@H]2c3cc(C=O)cc(OC)c3O[C@@H]2[C@H]1O. The highest BCUT2D eigenvalue weighted by atomic mass is 16.5. The van der Waals surface area contributed by atoms with Crippen LogP contribution in [0.5, 0.6) is 11.5 Å². The number of aliphatic hydroxyl groups excluding tert-OH is 2. The van der Waals surface area contributed by atoms with Gasteiger partial charge in [0.15, 0.2) is 11.5 Å². The molecule has 4 rings (SSSR count). The number of aldehydes is 1. The zero-order valence-corrected chi connectivity index (χ0v) is 19.9. The molecule has 0 aromatic heterocycles. The summed E-state index contributed by atoms with van der Waals surface area (Å²) in [5, 5.41) is 23.4. The predicted molar refractivity (Wildman–Crippen MR) is 124 cm³/mol. The number of carbonyl (C=O) groups excluding carboxylic acids is 3. The first-order chi connectivity index (χ1) is 16.9. The van der Waals surface area contributed by atoms with E-state index in [1.165, 1.54) is 20.3 Å². The Morgan fingerprint density at radius 1 is 1.29 bits per heavy atom. The fourth-order valence-corrected chi connectivity index (χ4v) is 4.86. The van der Waals surface area contributed by atoms with Crippen molar-refractivity contribution in [2.45, 2.75) is 43.4 Å². The molecule has 190 valence electrons. The van der Waals surface area contributed by atoms with Crippen LogP contribution in [0.2, 0.25) is 0 Å². The van der Waals surface area contributed by atoms with Crippen LogP contribution in [0.3, 0.4) is 0 Å². The summed E-state index contributed by atoms with van der Waals surface area (Å²) in [6.45, 7) is 0.523. The smallest absolute Gasteiger partial charge is 0.247 e. The number of fused-ring (bicyclic) bond motifs is 3. The minimum absolute atomic E-state index is 0.0464. The number of nitrogens with one attached hydrogen (secondary N) is 1. The third kappa shape index (κ3) is 5.05. The van der Waals surface area contributed by atoms with Crippen molar-refractivity contribution in [2.24, 2.45) is 5.92 Å². The van der Waals surface area contributed by atoms with Crippen LogP contribution >= 0.6 is 0 Å². The van der Waals surface area contributed by atoms with Crippen LogP contribution in [0.25, 0.3) is 0 Å². The second-order valence-electron chi connectivity index (χ2n) is 9.13. The molecule has 1 heterocycles. The highest BCUT2D eigenvalue weighted by molar-refractivity contribution is 5.96. The van der Waals surface area contributed by atoms with Gasteiger partial charge >= 0.3 is 0 Å². The third-order valence-corrected chi connectivity index (χ3v) is 6.76. The van der Waals surface area contributed by atoms with Gasteiger partial charge in [0.2, 0.25) is 11.8 Å². The number of aliphatic hydroxyl groups is 2. The molecule has 0 spiro atoms. The first-order valence-corrected chi connectivity index (χ1v) is 11.8. The minimum Gasteiger partial charge on any atom is -0.493 e. The average molecular weight is 489 g/mol. The van der Waals surface area contributed by atoms with Gasteiger partial charge in [0, 0.05) is 36.9 Å². The lowest BCUT2D eigenvalue weighted by Crippen LogP contribution is -2.56. The number of amides is 2. The van der Waals surface area contributed by atoms with Crippen molar-refractivity contribution in [3.05, 3.63) is 34.9 Å². The van der Waals surface area contributed by atoms with E-state index in [1.54, 1.807) is 17.0 Å². The molecule has 10 nitrogen and oxygen atoms in total. The van der Waals surface area contributed by atoms with Gasteiger partial charge in [-0.2, -0.15) is 0 Å². The van der Waals surface area contributed by atoms with Crippen LogP contribution < -0.4 is 14.8 Å². The zero-order valence-electron chi connectivity index (χ0n) is 19.9. The monoisotopic (exact) mass is 488 g/mol. The van der Waals surface area contributed by atoms with Gasteiger partial charge in [-0.25, -0.2) is 0 Å². The summed E-state index contributed by atoms with van der Waals surface area (Å²) in [5.41, 5.74) is 1.21. The Morgan fingerprint density at radius 2 is 2.06 bits per heavy atom. The Bertz CT molecular complexity index is 1010. The number of benzene rings is 1. The summed E-state index contributed by atoms with van der Waals surface area (Å²) in [5.74, 6) is -0.265. The summed E-state index contributed by atoms with van der Waals surface area (Å²) in [6.07, 6.45) is 2.47. The molecule has 1 saturated carbocycles. The lowest BCUT2D eigenvalue weighted by atomic mass is 9.77. The van der Waals surface area contributed by atoms with Gasteiger partial charge < -0.3 is 34.6 Å². The van der Waals surface area contributed by atoms with E-state index in [1.807, 2.05) is 0 Å². The molecular formula is C25H32N2O8. The van der Waals surface area contributed by atoms with Crippen LogP contribution in [-0.2, 0) is 14.3 Å². The summed E-state index contributed by atoms with van der Waals surface area (Å²) in [4.78, 5) is 39.5. The molecule has 2 aliphatic carbocycles. The fraction of sp³-hybridized carbons (Fsp3) is 0.560. The van der Waals surface area contributed by atoms with Crippen molar-refractivity contribution >= 4 is 18.1 Å². The Morgan fingerprint density at radius 3 is 2.69 bits per heavy atom. The highest BCUT2D eigenvalue weighted by Crippen LogP contribution is 2.51. The average Bonchev–Trinajstić information content (AvgIpc) is 3.61. The van der Waals surface area contributed by atoms with Crippen molar-refractivity contribution in [2.75, 3.05) is 40.5 Å². The lowest BCUT2D eigenvalue weighted by molar-refractivity contribution is -0.138. The largest absolute Gasteiger partial charge is 0.493 e. The van der Waals surface area contributed by atoms with Crippen molar-refractivity contribution in [3.8, 4) is 11.5 Å². The van der Waals surface area contributed by atoms with Crippen molar-refractivity contribution < 1.29 is 38.8 Å². The lowest BCUT2D eigenvalue weighted by Gasteiger charge is -2.41. The topological polar surface area (TPSA) is 135 Å². The fourth-order valence-electron chi connectivity index (χ4n) is 4.86. The number of hydrogen-bond acceptors (Lipinski definition) is 8. The van der Waals surface area contributed by atoms with Crippen molar-refractivity contribution in [1.29, 1.82) is 0 Å². The normalized spacial score (nSPS) is 24.5. The van der Waals surface area contributed by atoms with E-state index in [0.717, 1.165) is 12.8 Å². The summed E-state index contributed by atoms with van der Waals surface area (Å²) in [6, 6.07) is 2.37. The van der Waals surface area contributed by atoms with Gasteiger partial charge in [-0.05, 0) is 37.0 Å².